The van der Waals surface area contributed by atoms with Crippen molar-refractivity contribution in [2.24, 2.45) is 0 Å². The van der Waals surface area contributed by atoms with Crippen LogP contribution in [0.4, 0.5) is 15.9 Å². The van der Waals surface area contributed by atoms with Crippen molar-refractivity contribution in [3.05, 3.63) is 71.4 Å². The highest BCUT2D eigenvalue weighted by molar-refractivity contribution is 6.30. The molecule has 0 aliphatic heterocycles. The molecule has 4 rings (SSSR count). The standard InChI is InChI=1S/C20H13ClFN5O2/c1-29-20(28)14-10-23-8-6-16(14)25-18-12-3-2-7-24-17(12)26-19(27-18)13-9-11(21)4-5-15(13)22/h2-10H,1H3,(H,23,24,25,26,27). The zero-order chi connectivity index (χ0) is 20.4. The van der Waals surface area contributed by atoms with Gasteiger partial charge in [-0.1, -0.05) is 11.6 Å². The van der Waals surface area contributed by atoms with Crippen LogP contribution in [-0.2, 0) is 4.74 Å². The van der Waals surface area contributed by atoms with Crippen LogP contribution in [0, 0.1) is 5.82 Å². The summed E-state index contributed by atoms with van der Waals surface area (Å²) in [6.45, 7) is 0. The molecule has 144 valence electrons. The number of esters is 1. The molecule has 0 fully saturated rings. The highest BCUT2D eigenvalue weighted by Gasteiger charge is 2.17. The number of rotatable bonds is 4. The Hall–Kier alpha value is -3.65. The van der Waals surface area contributed by atoms with E-state index in [2.05, 4.69) is 25.3 Å². The molecule has 7 nitrogen and oxygen atoms in total. The Morgan fingerprint density at radius 1 is 1.17 bits per heavy atom. The Morgan fingerprint density at radius 3 is 2.86 bits per heavy atom. The maximum absolute atomic E-state index is 14.4. The second kappa shape index (κ2) is 7.76. The predicted molar refractivity (Wildman–Crippen MR) is 107 cm³/mol. The van der Waals surface area contributed by atoms with Gasteiger partial charge < -0.3 is 10.1 Å². The number of halogens is 2. The topological polar surface area (TPSA) is 89.9 Å². The van der Waals surface area contributed by atoms with Gasteiger partial charge in [0.2, 0.25) is 0 Å². The Bertz CT molecular complexity index is 1230. The summed E-state index contributed by atoms with van der Waals surface area (Å²) in [5.74, 6) is -0.630. The van der Waals surface area contributed by atoms with Crippen LogP contribution >= 0.6 is 11.6 Å². The van der Waals surface area contributed by atoms with Gasteiger partial charge in [0, 0.05) is 23.6 Å². The first-order valence-corrected chi connectivity index (χ1v) is 8.82. The Kier molecular flexibility index (Phi) is 5.01. The molecule has 0 aliphatic carbocycles. The minimum absolute atomic E-state index is 0.104. The lowest BCUT2D eigenvalue weighted by Crippen LogP contribution is -2.08. The quantitative estimate of drug-likeness (QED) is 0.499. The van der Waals surface area contributed by atoms with E-state index in [1.807, 2.05) is 0 Å². The van der Waals surface area contributed by atoms with Gasteiger partial charge in [-0.05, 0) is 36.4 Å². The number of benzene rings is 1. The van der Waals surface area contributed by atoms with E-state index in [1.165, 1.54) is 37.7 Å². The van der Waals surface area contributed by atoms with E-state index >= 15 is 0 Å². The van der Waals surface area contributed by atoms with Crippen molar-refractivity contribution in [2.45, 2.75) is 0 Å². The van der Waals surface area contributed by atoms with Gasteiger partial charge in [-0.2, -0.15) is 0 Å². The van der Waals surface area contributed by atoms with Crippen molar-refractivity contribution < 1.29 is 13.9 Å². The van der Waals surface area contributed by atoms with Gasteiger partial charge >= 0.3 is 5.97 Å². The third-order valence-electron chi connectivity index (χ3n) is 4.12. The number of carbonyl (C=O) groups excluding carboxylic acids is 1. The Labute approximate surface area is 169 Å². The molecule has 0 saturated carbocycles. The molecule has 0 saturated heterocycles. The lowest BCUT2D eigenvalue weighted by Gasteiger charge is -2.13. The van der Waals surface area contributed by atoms with Gasteiger partial charge in [0.15, 0.2) is 11.5 Å². The van der Waals surface area contributed by atoms with E-state index < -0.39 is 11.8 Å². The SMILES string of the molecule is COC(=O)c1cnccc1Nc1nc(-c2cc(Cl)ccc2F)nc2ncccc12. The van der Waals surface area contributed by atoms with Gasteiger partial charge in [0.25, 0.3) is 0 Å². The summed E-state index contributed by atoms with van der Waals surface area (Å²) in [5, 5.41) is 4.03. The van der Waals surface area contributed by atoms with Crippen LogP contribution in [0.2, 0.25) is 5.02 Å². The lowest BCUT2D eigenvalue weighted by atomic mass is 10.2. The van der Waals surface area contributed by atoms with Crippen LogP contribution in [-0.4, -0.2) is 33.0 Å². The molecule has 0 atom stereocenters. The molecule has 0 spiro atoms. The van der Waals surface area contributed by atoms with E-state index in [0.29, 0.717) is 27.6 Å². The fourth-order valence-corrected chi connectivity index (χ4v) is 2.92. The predicted octanol–water partition coefficient (Wildman–Crippen LogP) is 4.41. The molecule has 9 heteroatoms. The molecular weight excluding hydrogens is 397 g/mol. The smallest absolute Gasteiger partial charge is 0.341 e. The molecule has 4 aromatic rings. The number of anilines is 2. The van der Waals surface area contributed by atoms with Crippen molar-refractivity contribution in [1.82, 2.24) is 19.9 Å². The van der Waals surface area contributed by atoms with Crippen LogP contribution < -0.4 is 5.32 Å². The second-order valence-electron chi connectivity index (χ2n) is 5.93. The zero-order valence-electron chi connectivity index (χ0n) is 15.1. The number of hydrogen-bond donors (Lipinski definition) is 1. The molecule has 0 unspecified atom stereocenters. The first-order valence-electron chi connectivity index (χ1n) is 8.44. The third-order valence-corrected chi connectivity index (χ3v) is 4.36. The molecule has 0 aliphatic rings. The van der Waals surface area contributed by atoms with E-state index in [9.17, 15) is 9.18 Å². The minimum atomic E-state index is -0.557. The lowest BCUT2D eigenvalue weighted by molar-refractivity contribution is 0.0601. The van der Waals surface area contributed by atoms with Crippen LogP contribution in [0.15, 0.2) is 55.0 Å². The number of fused-ring (bicyclic) bond motifs is 1. The summed E-state index contributed by atoms with van der Waals surface area (Å²) in [5.41, 5.74) is 1.14. The van der Waals surface area contributed by atoms with Crippen LogP contribution in [0.1, 0.15) is 10.4 Å². The first-order chi connectivity index (χ1) is 14.1. The highest BCUT2D eigenvalue weighted by atomic mass is 35.5. The number of pyridine rings is 2. The van der Waals surface area contributed by atoms with Crippen molar-refractivity contribution in [2.75, 3.05) is 12.4 Å². The van der Waals surface area contributed by atoms with Crippen molar-refractivity contribution in [3.63, 3.8) is 0 Å². The van der Waals surface area contributed by atoms with Crippen molar-refractivity contribution in [3.8, 4) is 11.4 Å². The monoisotopic (exact) mass is 409 g/mol. The van der Waals surface area contributed by atoms with Gasteiger partial charge in [0.1, 0.15) is 17.2 Å². The molecule has 0 amide bonds. The average Bonchev–Trinajstić information content (AvgIpc) is 2.75. The number of nitrogens with zero attached hydrogens (tertiary/aromatic N) is 4. The Morgan fingerprint density at radius 2 is 2.03 bits per heavy atom. The molecule has 3 heterocycles. The van der Waals surface area contributed by atoms with Gasteiger partial charge in [-0.25, -0.2) is 24.1 Å². The molecule has 1 N–H and O–H groups in total. The number of aromatic nitrogens is 4. The summed E-state index contributed by atoms with van der Waals surface area (Å²) in [6.07, 6.45) is 4.48. The van der Waals surface area contributed by atoms with Crippen molar-refractivity contribution >= 4 is 40.1 Å². The summed E-state index contributed by atoms with van der Waals surface area (Å²) in [6, 6.07) is 9.23. The molecular formula is C20H13ClFN5O2. The number of ether oxygens (including phenoxy) is 1. The third kappa shape index (κ3) is 3.70. The molecule has 29 heavy (non-hydrogen) atoms. The maximum atomic E-state index is 14.4. The summed E-state index contributed by atoms with van der Waals surface area (Å²) in [4.78, 5) is 29.1. The van der Waals surface area contributed by atoms with Crippen LogP contribution in [0.25, 0.3) is 22.4 Å². The Balaban J connectivity index is 1.89. The first kappa shape index (κ1) is 18.7. The largest absolute Gasteiger partial charge is 0.465 e. The summed E-state index contributed by atoms with van der Waals surface area (Å²) >= 11 is 6.01. The van der Waals surface area contributed by atoms with Crippen LogP contribution in [0.5, 0.6) is 0 Å². The molecule has 0 bridgehead atoms. The number of hydrogen-bond acceptors (Lipinski definition) is 7. The fraction of sp³-hybridized carbons (Fsp3) is 0.0500. The average molecular weight is 410 g/mol. The van der Waals surface area contributed by atoms with Gasteiger partial charge in [-0.3, -0.25) is 4.98 Å². The number of carbonyl (C=O) groups is 1. The van der Waals surface area contributed by atoms with Crippen molar-refractivity contribution in [1.29, 1.82) is 0 Å². The van der Waals surface area contributed by atoms with E-state index in [0.717, 1.165) is 0 Å². The normalized spacial score (nSPS) is 10.7. The van der Waals surface area contributed by atoms with Crippen LogP contribution in [0.3, 0.4) is 0 Å². The van der Waals surface area contributed by atoms with Gasteiger partial charge in [0.05, 0.1) is 23.7 Å². The molecule has 0 radical (unpaired) electrons. The van der Waals surface area contributed by atoms with E-state index in [1.54, 1.807) is 24.4 Å². The summed E-state index contributed by atoms with van der Waals surface area (Å²) in [7, 11) is 1.28. The highest BCUT2D eigenvalue weighted by Crippen LogP contribution is 2.30. The fourth-order valence-electron chi connectivity index (χ4n) is 2.75. The zero-order valence-corrected chi connectivity index (χ0v) is 15.8. The van der Waals surface area contributed by atoms with Gasteiger partial charge in [-0.15, -0.1) is 0 Å². The minimum Gasteiger partial charge on any atom is -0.465 e. The number of nitrogens with one attached hydrogen (secondary N) is 1. The van der Waals surface area contributed by atoms with E-state index in [-0.39, 0.29) is 17.0 Å². The summed E-state index contributed by atoms with van der Waals surface area (Å²) < 4.78 is 19.2. The molecule has 1 aromatic carbocycles. The van der Waals surface area contributed by atoms with E-state index in [4.69, 9.17) is 16.3 Å². The number of methoxy groups -OCH3 is 1. The second-order valence-corrected chi connectivity index (χ2v) is 6.37. The maximum Gasteiger partial charge on any atom is 0.341 e. The molecule has 3 aromatic heterocycles.